The minimum atomic E-state index is -0.511. The second-order valence-corrected chi connectivity index (χ2v) is 6.18. The summed E-state index contributed by atoms with van der Waals surface area (Å²) in [5.74, 6) is 0. The molecule has 0 amide bonds. The first-order chi connectivity index (χ1) is 12.1. The monoisotopic (exact) mass is 398 g/mol. The largest absolute Gasteiger partial charge is 0.340 e. The van der Waals surface area contributed by atoms with E-state index < -0.39 is 11.2 Å². The second kappa shape index (κ2) is 5.78. The molecule has 0 spiro atoms. The Morgan fingerprint density at radius 2 is 1.84 bits per heavy atom. The highest BCUT2D eigenvalue weighted by molar-refractivity contribution is 9.10. The highest BCUT2D eigenvalue weighted by atomic mass is 79.9. The predicted octanol–water partition coefficient (Wildman–Crippen LogP) is 1.43. The van der Waals surface area contributed by atoms with E-state index in [2.05, 4.69) is 31.0 Å². The molecule has 124 valence electrons. The molecule has 0 radical (unpaired) electrons. The van der Waals surface area contributed by atoms with Crippen molar-refractivity contribution >= 4 is 26.8 Å². The van der Waals surface area contributed by atoms with E-state index in [0.717, 1.165) is 4.57 Å². The van der Waals surface area contributed by atoms with Gasteiger partial charge in [-0.2, -0.15) is 5.10 Å². The molecule has 0 bridgehead atoms. The first-order valence-electron chi connectivity index (χ1n) is 7.29. The number of aryl methyl sites for hydroxylation is 1. The van der Waals surface area contributed by atoms with Gasteiger partial charge in [0.2, 0.25) is 0 Å². The molecule has 0 atom stereocenters. The normalized spacial score (nSPS) is 11.1. The molecular formula is C16H11BrN6O2. The summed E-state index contributed by atoms with van der Waals surface area (Å²) in [6.45, 7) is 0. The quantitative estimate of drug-likeness (QED) is 0.476. The zero-order chi connectivity index (χ0) is 17.6. The maximum absolute atomic E-state index is 13.1. The maximum atomic E-state index is 13.1. The molecule has 9 heteroatoms. The molecule has 4 aromatic rings. The third-order valence-electron chi connectivity index (χ3n) is 3.78. The van der Waals surface area contributed by atoms with Gasteiger partial charge in [0.15, 0.2) is 0 Å². The fourth-order valence-electron chi connectivity index (χ4n) is 2.66. The van der Waals surface area contributed by atoms with Crippen molar-refractivity contribution in [1.29, 1.82) is 0 Å². The lowest BCUT2D eigenvalue weighted by Crippen LogP contribution is -2.38. The SMILES string of the molecule is Cn1cc(-n2c(=O)n(-c3ccc(Br)nc3)c(=O)c3ccncc32)cn1. The van der Waals surface area contributed by atoms with Crippen LogP contribution in [-0.2, 0) is 7.05 Å². The van der Waals surface area contributed by atoms with Gasteiger partial charge in [0.25, 0.3) is 5.56 Å². The first kappa shape index (κ1) is 15.5. The number of rotatable bonds is 2. The minimum Gasteiger partial charge on any atom is -0.274 e. The van der Waals surface area contributed by atoms with Gasteiger partial charge >= 0.3 is 5.69 Å². The Balaban J connectivity index is 2.16. The van der Waals surface area contributed by atoms with E-state index in [-0.39, 0.29) is 0 Å². The predicted molar refractivity (Wildman–Crippen MR) is 95.2 cm³/mol. The van der Waals surface area contributed by atoms with Gasteiger partial charge in [0.05, 0.1) is 40.9 Å². The van der Waals surface area contributed by atoms with E-state index in [4.69, 9.17) is 0 Å². The molecule has 0 aliphatic rings. The smallest absolute Gasteiger partial charge is 0.274 e. The van der Waals surface area contributed by atoms with Crippen LogP contribution < -0.4 is 11.2 Å². The maximum Gasteiger partial charge on any atom is 0.340 e. The van der Waals surface area contributed by atoms with Gasteiger partial charge in [-0.05, 0) is 34.1 Å². The summed E-state index contributed by atoms with van der Waals surface area (Å²) >= 11 is 3.25. The summed E-state index contributed by atoms with van der Waals surface area (Å²) in [6.07, 6.45) is 7.74. The summed E-state index contributed by atoms with van der Waals surface area (Å²) < 4.78 is 4.70. The second-order valence-electron chi connectivity index (χ2n) is 5.36. The summed E-state index contributed by atoms with van der Waals surface area (Å²) in [5, 5.41) is 4.48. The number of hydrogen-bond donors (Lipinski definition) is 0. The molecule has 0 fully saturated rings. The molecule has 25 heavy (non-hydrogen) atoms. The summed E-state index contributed by atoms with van der Waals surface area (Å²) in [6, 6.07) is 4.92. The zero-order valence-electron chi connectivity index (χ0n) is 13.0. The first-order valence-corrected chi connectivity index (χ1v) is 8.08. The molecule has 0 aliphatic heterocycles. The zero-order valence-corrected chi connectivity index (χ0v) is 14.6. The Kier molecular flexibility index (Phi) is 3.57. The van der Waals surface area contributed by atoms with Crippen LogP contribution in [0.3, 0.4) is 0 Å². The third-order valence-corrected chi connectivity index (χ3v) is 4.25. The molecule has 0 aliphatic carbocycles. The standard InChI is InChI=1S/C16H11BrN6O2/c1-21-9-11(7-20-21)22-13-8-18-5-4-12(13)15(24)23(16(22)25)10-2-3-14(17)19-6-10/h2-9H,1H3. The van der Waals surface area contributed by atoms with E-state index in [1.807, 2.05) is 0 Å². The van der Waals surface area contributed by atoms with Gasteiger partial charge < -0.3 is 0 Å². The molecule has 4 heterocycles. The molecule has 4 aromatic heterocycles. The van der Waals surface area contributed by atoms with E-state index in [1.165, 1.54) is 23.2 Å². The van der Waals surface area contributed by atoms with Crippen LogP contribution in [0.2, 0.25) is 0 Å². The molecular weight excluding hydrogens is 388 g/mol. The van der Waals surface area contributed by atoms with Crippen LogP contribution in [0.1, 0.15) is 0 Å². The Bertz CT molecular complexity index is 1210. The average molecular weight is 399 g/mol. The Morgan fingerprint density at radius 1 is 1.00 bits per heavy atom. The van der Waals surface area contributed by atoms with Gasteiger partial charge in [-0.3, -0.25) is 19.0 Å². The van der Waals surface area contributed by atoms with E-state index in [0.29, 0.717) is 26.9 Å². The van der Waals surface area contributed by atoms with Gasteiger partial charge in [-0.15, -0.1) is 0 Å². The molecule has 4 rings (SSSR count). The Morgan fingerprint density at radius 3 is 2.52 bits per heavy atom. The number of pyridine rings is 2. The fraction of sp³-hybridized carbons (Fsp3) is 0.0625. The molecule has 8 nitrogen and oxygen atoms in total. The van der Waals surface area contributed by atoms with E-state index in [9.17, 15) is 9.59 Å². The Hall–Kier alpha value is -3.07. The van der Waals surface area contributed by atoms with Crippen molar-refractivity contribution in [2.75, 3.05) is 0 Å². The fourth-order valence-corrected chi connectivity index (χ4v) is 2.89. The van der Waals surface area contributed by atoms with Crippen LogP contribution in [0.4, 0.5) is 0 Å². The highest BCUT2D eigenvalue weighted by Gasteiger charge is 2.16. The average Bonchev–Trinajstić information content (AvgIpc) is 3.03. The molecule has 0 N–H and O–H groups in total. The van der Waals surface area contributed by atoms with Crippen molar-refractivity contribution in [2.45, 2.75) is 0 Å². The molecule has 0 saturated carbocycles. The van der Waals surface area contributed by atoms with Gasteiger partial charge in [-0.1, -0.05) is 0 Å². The summed E-state index contributed by atoms with van der Waals surface area (Å²) in [5.41, 5.74) is 0.417. The summed E-state index contributed by atoms with van der Waals surface area (Å²) in [7, 11) is 1.75. The van der Waals surface area contributed by atoms with Gasteiger partial charge in [0.1, 0.15) is 4.60 Å². The van der Waals surface area contributed by atoms with Gasteiger partial charge in [-0.25, -0.2) is 14.3 Å². The van der Waals surface area contributed by atoms with Crippen LogP contribution in [0, 0.1) is 0 Å². The van der Waals surface area contributed by atoms with Crippen molar-refractivity contribution < 1.29 is 0 Å². The van der Waals surface area contributed by atoms with Crippen molar-refractivity contribution in [3.8, 4) is 11.4 Å². The van der Waals surface area contributed by atoms with Crippen LogP contribution in [0.25, 0.3) is 22.3 Å². The summed E-state index contributed by atoms with van der Waals surface area (Å²) in [4.78, 5) is 34.2. The molecule has 0 aromatic carbocycles. The number of hydrogen-bond acceptors (Lipinski definition) is 5. The van der Waals surface area contributed by atoms with Crippen molar-refractivity contribution in [3.05, 3.63) is 74.6 Å². The Labute approximate surface area is 149 Å². The van der Waals surface area contributed by atoms with E-state index in [1.54, 1.807) is 42.3 Å². The number of halogens is 1. The highest BCUT2D eigenvalue weighted by Crippen LogP contribution is 2.14. The number of fused-ring (bicyclic) bond motifs is 1. The lowest BCUT2D eigenvalue weighted by atomic mass is 10.3. The van der Waals surface area contributed by atoms with Crippen LogP contribution in [0.15, 0.2) is 63.4 Å². The van der Waals surface area contributed by atoms with Crippen molar-refractivity contribution in [1.82, 2.24) is 28.9 Å². The third kappa shape index (κ3) is 2.49. The topological polar surface area (TPSA) is 87.6 Å². The number of aromatic nitrogens is 6. The van der Waals surface area contributed by atoms with E-state index >= 15 is 0 Å². The molecule has 0 saturated heterocycles. The lowest BCUT2D eigenvalue weighted by Gasteiger charge is -2.12. The molecule has 0 unspecified atom stereocenters. The lowest BCUT2D eigenvalue weighted by molar-refractivity contribution is 0.766. The minimum absolute atomic E-state index is 0.376. The van der Waals surface area contributed by atoms with Crippen molar-refractivity contribution in [2.24, 2.45) is 7.05 Å². The number of nitrogens with zero attached hydrogens (tertiary/aromatic N) is 6. The van der Waals surface area contributed by atoms with Crippen molar-refractivity contribution in [3.63, 3.8) is 0 Å². The van der Waals surface area contributed by atoms with Gasteiger partial charge in [0, 0.05) is 19.4 Å². The van der Waals surface area contributed by atoms with Crippen LogP contribution in [-0.4, -0.2) is 28.9 Å². The van der Waals surface area contributed by atoms with Crippen LogP contribution in [0.5, 0.6) is 0 Å². The van der Waals surface area contributed by atoms with Crippen LogP contribution >= 0.6 is 15.9 Å².